The molecule has 0 saturated heterocycles. The van der Waals surface area contributed by atoms with Gasteiger partial charge in [-0.2, -0.15) is 4.68 Å². The van der Waals surface area contributed by atoms with E-state index in [9.17, 15) is 9.59 Å². The molecule has 2 aromatic carbocycles. The van der Waals surface area contributed by atoms with Crippen molar-refractivity contribution in [2.24, 2.45) is 0 Å². The van der Waals surface area contributed by atoms with E-state index in [0.717, 1.165) is 4.68 Å². The number of carbonyl (C=O) groups excluding carboxylic acids is 1. The molecule has 0 bridgehead atoms. The third-order valence-corrected chi connectivity index (χ3v) is 3.34. The first-order valence-electron chi connectivity index (χ1n) is 6.27. The summed E-state index contributed by atoms with van der Waals surface area (Å²) >= 11 is 5.13. The van der Waals surface area contributed by atoms with Gasteiger partial charge < -0.3 is 4.98 Å². The zero-order chi connectivity index (χ0) is 14.8. The Morgan fingerprint density at radius 1 is 1.05 bits per heavy atom. The summed E-state index contributed by atoms with van der Waals surface area (Å²) in [5.74, 6) is -0.396. The first-order chi connectivity index (χ1) is 10.2. The fraction of sp³-hybridized carbons (Fsp3) is 0. The van der Waals surface area contributed by atoms with E-state index in [2.05, 4.69) is 10.4 Å². The number of carbonyl (C=O) groups is 1. The number of rotatable bonds is 2. The molecule has 1 amide bonds. The summed E-state index contributed by atoms with van der Waals surface area (Å²) in [7, 11) is 0. The Balaban J connectivity index is 2.08. The SMILES string of the molecule is O=C(Nn1c(=S)[nH]c2ccccc2c1=O)c1ccccc1. The number of nitrogens with zero attached hydrogens (tertiary/aromatic N) is 1. The number of nitrogens with one attached hydrogen (secondary N) is 2. The summed E-state index contributed by atoms with van der Waals surface area (Å²) in [5.41, 5.74) is 3.24. The number of hydrogen-bond acceptors (Lipinski definition) is 3. The molecule has 0 atom stereocenters. The van der Waals surface area contributed by atoms with E-state index in [-0.39, 0.29) is 10.3 Å². The Bertz CT molecular complexity index is 929. The van der Waals surface area contributed by atoms with Crippen LogP contribution in [0.25, 0.3) is 10.9 Å². The lowest BCUT2D eigenvalue weighted by molar-refractivity contribution is 0.101. The van der Waals surface area contributed by atoms with E-state index in [1.165, 1.54) is 0 Å². The van der Waals surface area contributed by atoms with Crippen molar-refractivity contribution in [2.45, 2.75) is 0 Å². The van der Waals surface area contributed by atoms with Crippen LogP contribution < -0.4 is 11.0 Å². The van der Waals surface area contributed by atoms with E-state index < -0.39 is 5.91 Å². The van der Waals surface area contributed by atoms with Crippen LogP contribution in [0.15, 0.2) is 59.4 Å². The Hall–Kier alpha value is -2.73. The molecular weight excluding hydrogens is 286 g/mol. The highest BCUT2D eigenvalue weighted by Crippen LogP contribution is 2.05. The van der Waals surface area contributed by atoms with Crippen molar-refractivity contribution in [3.63, 3.8) is 0 Å². The molecule has 21 heavy (non-hydrogen) atoms. The number of aromatic amines is 1. The van der Waals surface area contributed by atoms with Crippen LogP contribution >= 0.6 is 12.2 Å². The van der Waals surface area contributed by atoms with Crippen molar-refractivity contribution in [1.82, 2.24) is 9.66 Å². The van der Waals surface area contributed by atoms with Crippen molar-refractivity contribution in [3.05, 3.63) is 75.3 Å². The molecule has 0 aliphatic heterocycles. The largest absolute Gasteiger partial charge is 0.330 e. The van der Waals surface area contributed by atoms with Gasteiger partial charge in [0.15, 0.2) is 4.77 Å². The van der Waals surface area contributed by atoms with Gasteiger partial charge in [0.25, 0.3) is 11.5 Å². The molecule has 1 heterocycles. The molecule has 0 spiro atoms. The molecule has 104 valence electrons. The van der Waals surface area contributed by atoms with Crippen LogP contribution in [0.3, 0.4) is 0 Å². The number of H-pyrrole nitrogens is 1. The van der Waals surface area contributed by atoms with Crippen molar-refractivity contribution < 1.29 is 4.79 Å². The normalized spacial score (nSPS) is 10.5. The van der Waals surface area contributed by atoms with Crippen LogP contribution in [0.1, 0.15) is 10.4 Å². The molecule has 3 aromatic rings. The lowest BCUT2D eigenvalue weighted by Crippen LogP contribution is -2.34. The van der Waals surface area contributed by atoms with E-state index in [1.807, 2.05) is 6.07 Å². The molecule has 6 heteroatoms. The summed E-state index contributed by atoms with van der Waals surface area (Å²) in [5, 5.41) is 0.458. The van der Waals surface area contributed by atoms with E-state index in [1.54, 1.807) is 48.5 Å². The highest BCUT2D eigenvalue weighted by Gasteiger charge is 2.09. The molecule has 0 unspecified atom stereocenters. The number of aromatic nitrogens is 2. The molecule has 3 rings (SSSR count). The van der Waals surface area contributed by atoms with Crippen molar-refractivity contribution in [3.8, 4) is 0 Å². The standard InChI is InChI=1S/C15H11N3O2S/c19-13(10-6-2-1-3-7-10)17-18-14(20)11-8-4-5-9-12(11)16-15(18)21/h1-9H,(H,16,21)(H,17,19). The van der Waals surface area contributed by atoms with Crippen LogP contribution in [0, 0.1) is 4.77 Å². The average molecular weight is 297 g/mol. The van der Waals surface area contributed by atoms with Gasteiger partial charge in [-0.3, -0.25) is 15.0 Å². The number of hydrogen-bond donors (Lipinski definition) is 2. The predicted octanol–water partition coefficient (Wildman–Crippen LogP) is 2.44. The molecule has 1 aromatic heterocycles. The van der Waals surface area contributed by atoms with Gasteiger partial charge in [-0.15, -0.1) is 0 Å². The first-order valence-corrected chi connectivity index (χ1v) is 6.68. The second kappa shape index (κ2) is 5.34. The van der Waals surface area contributed by atoms with Crippen molar-refractivity contribution in [2.75, 3.05) is 5.43 Å². The number of benzene rings is 2. The molecule has 0 fully saturated rings. The molecule has 2 N–H and O–H groups in total. The molecule has 0 aliphatic rings. The monoisotopic (exact) mass is 297 g/mol. The summed E-state index contributed by atoms with van der Waals surface area (Å²) in [6.07, 6.45) is 0. The molecule has 5 nitrogen and oxygen atoms in total. The maximum Gasteiger partial charge on any atom is 0.281 e. The quantitative estimate of drug-likeness (QED) is 0.714. The minimum atomic E-state index is -0.396. The van der Waals surface area contributed by atoms with Gasteiger partial charge in [0.1, 0.15) is 0 Å². The Morgan fingerprint density at radius 2 is 1.71 bits per heavy atom. The summed E-state index contributed by atoms with van der Waals surface area (Å²) < 4.78 is 1.19. The molecular formula is C15H11N3O2S. The smallest absolute Gasteiger partial charge is 0.281 e. The van der Waals surface area contributed by atoms with Crippen LogP contribution in [-0.4, -0.2) is 15.6 Å². The minimum absolute atomic E-state index is 0.142. The first kappa shape index (κ1) is 13.3. The van der Waals surface area contributed by atoms with Gasteiger partial charge in [0.05, 0.1) is 10.9 Å². The fourth-order valence-corrected chi connectivity index (χ4v) is 2.26. The van der Waals surface area contributed by atoms with Gasteiger partial charge in [0.2, 0.25) is 0 Å². The van der Waals surface area contributed by atoms with Crippen LogP contribution in [0.2, 0.25) is 0 Å². The van der Waals surface area contributed by atoms with Gasteiger partial charge in [0, 0.05) is 5.56 Å². The summed E-state index contributed by atoms with van der Waals surface area (Å²) in [4.78, 5) is 27.4. The Labute approximate surface area is 124 Å². The third kappa shape index (κ3) is 2.48. The van der Waals surface area contributed by atoms with Gasteiger partial charge >= 0.3 is 0 Å². The highest BCUT2D eigenvalue weighted by molar-refractivity contribution is 7.71. The zero-order valence-corrected chi connectivity index (χ0v) is 11.7. The van der Waals surface area contributed by atoms with Crippen LogP contribution in [-0.2, 0) is 0 Å². The van der Waals surface area contributed by atoms with Gasteiger partial charge in [-0.1, -0.05) is 30.3 Å². The summed E-state index contributed by atoms with van der Waals surface area (Å²) in [6, 6.07) is 15.6. The van der Waals surface area contributed by atoms with Crippen molar-refractivity contribution in [1.29, 1.82) is 0 Å². The third-order valence-electron chi connectivity index (χ3n) is 3.05. The van der Waals surface area contributed by atoms with Crippen LogP contribution in [0.5, 0.6) is 0 Å². The molecule has 0 aliphatic carbocycles. The topological polar surface area (TPSA) is 66.9 Å². The lowest BCUT2D eigenvalue weighted by atomic mass is 10.2. The van der Waals surface area contributed by atoms with Crippen molar-refractivity contribution >= 4 is 29.0 Å². The zero-order valence-electron chi connectivity index (χ0n) is 10.9. The number of para-hydroxylation sites is 1. The van der Waals surface area contributed by atoms with E-state index in [0.29, 0.717) is 16.5 Å². The maximum absolute atomic E-state index is 12.4. The second-order valence-electron chi connectivity index (χ2n) is 4.42. The van der Waals surface area contributed by atoms with E-state index in [4.69, 9.17) is 12.2 Å². The minimum Gasteiger partial charge on any atom is -0.330 e. The molecule has 0 radical (unpaired) electrons. The van der Waals surface area contributed by atoms with Gasteiger partial charge in [-0.05, 0) is 36.5 Å². The summed E-state index contributed by atoms with van der Waals surface area (Å²) in [6.45, 7) is 0. The Morgan fingerprint density at radius 3 is 2.48 bits per heavy atom. The molecule has 0 saturated carbocycles. The van der Waals surface area contributed by atoms with Crippen LogP contribution in [0.4, 0.5) is 0 Å². The second-order valence-corrected chi connectivity index (χ2v) is 4.81. The van der Waals surface area contributed by atoms with E-state index >= 15 is 0 Å². The number of fused-ring (bicyclic) bond motifs is 1. The maximum atomic E-state index is 12.4. The Kier molecular flexibility index (Phi) is 3.37. The highest BCUT2D eigenvalue weighted by atomic mass is 32.1. The fourth-order valence-electron chi connectivity index (χ4n) is 2.02. The predicted molar refractivity (Wildman–Crippen MR) is 83.5 cm³/mol. The lowest BCUT2D eigenvalue weighted by Gasteiger charge is -2.09. The van der Waals surface area contributed by atoms with Gasteiger partial charge in [-0.25, -0.2) is 0 Å². The average Bonchev–Trinajstić information content (AvgIpc) is 2.52. The number of amides is 1.